The maximum absolute atomic E-state index is 13.5. The van der Waals surface area contributed by atoms with Crippen LogP contribution in [0.25, 0.3) is 10.9 Å². The summed E-state index contributed by atoms with van der Waals surface area (Å²) < 4.78 is 13.5. The number of amides is 1. The van der Waals surface area contributed by atoms with Crippen LogP contribution in [0.1, 0.15) is 18.4 Å². The molecule has 1 aliphatic rings. The SMILES string of the molecule is NC(=O)C1CCN(c2ncccc2CNc2ccnc3cc(F)ccc23)CC1. The molecule has 1 saturated heterocycles. The van der Waals surface area contributed by atoms with E-state index in [1.54, 1.807) is 18.5 Å². The van der Waals surface area contributed by atoms with Gasteiger partial charge in [0.15, 0.2) is 0 Å². The molecular weight excluding hydrogens is 357 g/mol. The molecule has 4 rings (SSSR count). The molecule has 0 atom stereocenters. The number of aromatic nitrogens is 2. The van der Waals surface area contributed by atoms with Gasteiger partial charge in [-0.15, -0.1) is 0 Å². The lowest BCUT2D eigenvalue weighted by Crippen LogP contribution is -2.39. The van der Waals surface area contributed by atoms with Crippen LogP contribution in [-0.2, 0) is 11.3 Å². The fourth-order valence-corrected chi connectivity index (χ4v) is 3.69. The second-order valence-corrected chi connectivity index (χ2v) is 7.02. The third-order valence-electron chi connectivity index (χ3n) is 5.24. The van der Waals surface area contributed by atoms with Gasteiger partial charge in [-0.05, 0) is 37.1 Å². The zero-order valence-corrected chi connectivity index (χ0v) is 15.4. The Morgan fingerprint density at radius 2 is 2.00 bits per heavy atom. The molecule has 1 amide bonds. The summed E-state index contributed by atoms with van der Waals surface area (Å²) in [5, 5.41) is 4.30. The van der Waals surface area contributed by atoms with E-state index in [1.807, 2.05) is 18.2 Å². The number of carbonyl (C=O) groups excluding carboxylic acids is 1. The summed E-state index contributed by atoms with van der Waals surface area (Å²) in [6, 6.07) is 10.4. The van der Waals surface area contributed by atoms with Crippen molar-refractivity contribution in [3.05, 3.63) is 60.2 Å². The number of primary amides is 1. The Kier molecular flexibility index (Phi) is 5.06. The quantitative estimate of drug-likeness (QED) is 0.712. The molecule has 144 valence electrons. The predicted molar refractivity (Wildman–Crippen MR) is 107 cm³/mol. The molecule has 1 fully saturated rings. The summed E-state index contributed by atoms with van der Waals surface area (Å²) in [7, 11) is 0. The molecule has 0 spiro atoms. The number of hydrogen-bond acceptors (Lipinski definition) is 5. The Labute approximate surface area is 162 Å². The zero-order chi connectivity index (χ0) is 19.5. The molecular formula is C21H22FN5O. The molecule has 2 aromatic heterocycles. The molecule has 0 saturated carbocycles. The highest BCUT2D eigenvalue weighted by Crippen LogP contribution is 2.27. The molecule has 7 heteroatoms. The molecule has 0 aliphatic carbocycles. The van der Waals surface area contributed by atoms with E-state index in [9.17, 15) is 9.18 Å². The van der Waals surface area contributed by atoms with E-state index in [1.165, 1.54) is 12.1 Å². The van der Waals surface area contributed by atoms with Crippen molar-refractivity contribution < 1.29 is 9.18 Å². The van der Waals surface area contributed by atoms with Crippen molar-refractivity contribution in [3.8, 4) is 0 Å². The van der Waals surface area contributed by atoms with Gasteiger partial charge in [0, 0.05) is 60.6 Å². The standard InChI is InChI=1S/C21H22FN5O/c22-16-3-4-17-18(5-9-24-19(17)12-16)26-13-15-2-1-8-25-21(15)27-10-6-14(7-11-27)20(23)28/h1-5,8-9,12,14H,6-7,10-11,13H2,(H2,23,28)(H,24,26). The van der Waals surface area contributed by atoms with Gasteiger partial charge in [-0.25, -0.2) is 9.37 Å². The Hall–Kier alpha value is -3.22. The van der Waals surface area contributed by atoms with Crippen LogP contribution in [0.4, 0.5) is 15.9 Å². The number of nitrogens with two attached hydrogens (primary N) is 1. The van der Waals surface area contributed by atoms with Crippen LogP contribution in [0.5, 0.6) is 0 Å². The highest BCUT2D eigenvalue weighted by Gasteiger charge is 2.24. The number of halogens is 1. The Bertz CT molecular complexity index is 1000. The second kappa shape index (κ2) is 7.80. The Morgan fingerprint density at radius 1 is 1.18 bits per heavy atom. The van der Waals surface area contributed by atoms with Crippen molar-refractivity contribution in [2.75, 3.05) is 23.3 Å². The van der Waals surface area contributed by atoms with Crippen LogP contribution in [0.15, 0.2) is 48.8 Å². The fourth-order valence-electron chi connectivity index (χ4n) is 3.69. The second-order valence-electron chi connectivity index (χ2n) is 7.02. The minimum Gasteiger partial charge on any atom is -0.380 e. The molecule has 0 radical (unpaired) electrons. The van der Waals surface area contributed by atoms with Gasteiger partial charge >= 0.3 is 0 Å². The van der Waals surface area contributed by atoms with Crippen molar-refractivity contribution >= 4 is 28.3 Å². The van der Waals surface area contributed by atoms with E-state index in [4.69, 9.17) is 5.73 Å². The van der Waals surface area contributed by atoms with E-state index < -0.39 is 0 Å². The molecule has 1 aliphatic heterocycles. The van der Waals surface area contributed by atoms with Crippen molar-refractivity contribution in [1.82, 2.24) is 9.97 Å². The van der Waals surface area contributed by atoms with Gasteiger partial charge in [0.05, 0.1) is 5.52 Å². The zero-order valence-electron chi connectivity index (χ0n) is 15.4. The monoisotopic (exact) mass is 379 g/mol. The van der Waals surface area contributed by atoms with E-state index in [0.29, 0.717) is 12.1 Å². The first-order chi connectivity index (χ1) is 13.6. The Morgan fingerprint density at radius 3 is 2.79 bits per heavy atom. The molecule has 3 aromatic rings. The minimum atomic E-state index is -0.300. The number of rotatable bonds is 5. The summed E-state index contributed by atoms with van der Waals surface area (Å²) in [6.45, 7) is 2.10. The number of anilines is 2. The number of hydrogen-bond donors (Lipinski definition) is 2. The highest BCUT2D eigenvalue weighted by molar-refractivity contribution is 5.91. The number of carbonyl (C=O) groups is 1. The largest absolute Gasteiger partial charge is 0.380 e. The van der Waals surface area contributed by atoms with Gasteiger partial charge < -0.3 is 16.0 Å². The van der Waals surface area contributed by atoms with Crippen LogP contribution in [0.3, 0.4) is 0 Å². The van der Waals surface area contributed by atoms with Crippen LogP contribution in [0.2, 0.25) is 0 Å². The number of nitrogens with one attached hydrogen (secondary N) is 1. The van der Waals surface area contributed by atoms with Gasteiger partial charge in [-0.3, -0.25) is 9.78 Å². The van der Waals surface area contributed by atoms with E-state index in [-0.39, 0.29) is 17.6 Å². The number of benzene rings is 1. The first-order valence-electron chi connectivity index (χ1n) is 9.38. The summed E-state index contributed by atoms with van der Waals surface area (Å²) in [6.07, 6.45) is 4.95. The minimum absolute atomic E-state index is 0.0508. The number of pyridine rings is 2. The van der Waals surface area contributed by atoms with Gasteiger partial charge in [0.25, 0.3) is 0 Å². The van der Waals surface area contributed by atoms with Crippen molar-refractivity contribution in [2.24, 2.45) is 11.7 Å². The number of fused-ring (bicyclic) bond motifs is 1. The lowest BCUT2D eigenvalue weighted by Gasteiger charge is -2.32. The number of nitrogens with zero attached hydrogens (tertiary/aromatic N) is 3. The molecule has 3 heterocycles. The van der Waals surface area contributed by atoms with Gasteiger partial charge in [0.2, 0.25) is 5.91 Å². The third kappa shape index (κ3) is 3.74. The molecule has 3 N–H and O–H groups in total. The smallest absolute Gasteiger partial charge is 0.220 e. The van der Waals surface area contributed by atoms with Crippen LogP contribution in [-0.4, -0.2) is 29.0 Å². The molecule has 0 bridgehead atoms. The van der Waals surface area contributed by atoms with Crippen LogP contribution >= 0.6 is 0 Å². The molecule has 6 nitrogen and oxygen atoms in total. The van der Waals surface area contributed by atoms with Gasteiger partial charge in [-0.1, -0.05) is 6.07 Å². The average molecular weight is 379 g/mol. The van der Waals surface area contributed by atoms with E-state index in [2.05, 4.69) is 20.2 Å². The molecule has 0 unspecified atom stereocenters. The predicted octanol–water partition coefficient (Wildman–Crippen LogP) is 3.08. The van der Waals surface area contributed by atoms with E-state index in [0.717, 1.165) is 48.4 Å². The van der Waals surface area contributed by atoms with E-state index >= 15 is 0 Å². The Balaban J connectivity index is 1.52. The van der Waals surface area contributed by atoms with Crippen molar-refractivity contribution in [3.63, 3.8) is 0 Å². The van der Waals surface area contributed by atoms with Crippen LogP contribution < -0.4 is 16.0 Å². The first-order valence-corrected chi connectivity index (χ1v) is 9.38. The van der Waals surface area contributed by atoms with Gasteiger partial charge in [-0.2, -0.15) is 0 Å². The fraction of sp³-hybridized carbons (Fsp3) is 0.286. The van der Waals surface area contributed by atoms with Crippen LogP contribution in [0, 0.1) is 11.7 Å². The van der Waals surface area contributed by atoms with Crippen molar-refractivity contribution in [1.29, 1.82) is 0 Å². The summed E-state index contributed by atoms with van der Waals surface area (Å²) in [5.74, 6) is 0.349. The maximum Gasteiger partial charge on any atom is 0.220 e. The summed E-state index contributed by atoms with van der Waals surface area (Å²) >= 11 is 0. The average Bonchev–Trinajstić information content (AvgIpc) is 2.72. The number of piperidine rings is 1. The topological polar surface area (TPSA) is 84.1 Å². The summed E-state index contributed by atoms with van der Waals surface area (Å²) in [4.78, 5) is 22.4. The lowest BCUT2D eigenvalue weighted by atomic mass is 9.96. The maximum atomic E-state index is 13.5. The first kappa shape index (κ1) is 18.2. The van der Waals surface area contributed by atoms with Crippen molar-refractivity contribution in [2.45, 2.75) is 19.4 Å². The highest BCUT2D eigenvalue weighted by atomic mass is 19.1. The normalized spacial score (nSPS) is 15.0. The van der Waals surface area contributed by atoms with Gasteiger partial charge in [0.1, 0.15) is 11.6 Å². The molecule has 1 aromatic carbocycles. The molecule has 28 heavy (non-hydrogen) atoms. The summed E-state index contributed by atoms with van der Waals surface area (Å²) in [5.41, 5.74) is 8.01. The lowest BCUT2D eigenvalue weighted by molar-refractivity contribution is -0.122. The third-order valence-corrected chi connectivity index (χ3v) is 5.24.